The van der Waals surface area contributed by atoms with Crippen molar-refractivity contribution < 1.29 is 9.53 Å². The van der Waals surface area contributed by atoms with Gasteiger partial charge in [-0.1, -0.05) is 12.2 Å². The molecule has 0 aliphatic carbocycles. The fourth-order valence-corrected chi connectivity index (χ4v) is 1.55. The second kappa shape index (κ2) is 5.62. The number of methoxy groups -OCH3 is 1. The van der Waals surface area contributed by atoms with Gasteiger partial charge >= 0.3 is 0 Å². The standard InChI is InChI=1S/C9H9NO2S2/c1-12-8-4-2-7(3-5-8)9(13)14-10-6-11/h2-6H,1H3,(H,10,11). The molecule has 0 radical (unpaired) electrons. The Labute approximate surface area is 92.0 Å². The predicted octanol–water partition coefficient (Wildman–Crippen LogP) is 1.76. The van der Waals surface area contributed by atoms with Crippen molar-refractivity contribution in [3.05, 3.63) is 29.8 Å². The van der Waals surface area contributed by atoms with Crippen LogP contribution in [0, 0.1) is 0 Å². The molecule has 0 saturated heterocycles. The average Bonchev–Trinajstić information content (AvgIpc) is 2.26. The molecule has 5 heteroatoms. The molecule has 0 atom stereocenters. The molecule has 74 valence electrons. The van der Waals surface area contributed by atoms with Crippen molar-refractivity contribution in [1.82, 2.24) is 4.72 Å². The van der Waals surface area contributed by atoms with Crippen LogP contribution in [0.2, 0.25) is 0 Å². The Kier molecular flexibility index (Phi) is 4.42. The fourth-order valence-electron chi connectivity index (χ4n) is 0.864. The Morgan fingerprint density at radius 2 is 2.14 bits per heavy atom. The molecule has 0 unspecified atom stereocenters. The van der Waals surface area contributed by atoms with Gasteiger partial charge in [0.25, 0.3) is 0 Å². The Hall–Kier alpha value is -1.07. The molecule has 1 aromatic carbocycles. The van der Waals surface area contributed by atoms with Gasteiger partial charge in [0.15, 0.2) is 0 Å². The van der Waals surface area contributed by atoms with Gasteiger partial charge in [-0.15, -0.1) is 0 Å². The third-order valence-electron chi connectivity index (χ3n) is 1.53. The first-order valence-corrected chi connectivity index (χ1v) is 5.05. The van der Waals surface area contributed by atoms with E-state index in [2.05, 4.69) is 4.72 Å². The average molecular weight is 227 g/mol. The van der Waals surface area contributed by atoms with E-state index in [9.17, 15) is 4.79 Å². The number of amides is 1. The van der Waals surface area contributed by atoms with Gasteiger partial charge in [-0.25, -0.2) is 0 Å². The summed E-state index contributed by atoms with van der Waals surface area (Å²) in [5, 5.41) is 0. The van der Waals surface area contributed by atoms with Crippen molar-refractivity contribution in [2.24, 2.45) is 0 Å². The van der Waals surface area contributed by atoms with E-state index in [1.807, 2.05) is 24.3 Å². The van der Waals surface area contributed by atoms with Crippen LogP contribution in [-0.2, 0) is 4.79 Å². The SMILES string of the molecule is COc1ccc(C(=S)SNC=O)cc1. The molecule has 0 fully saturated rings. The molecular weight excluding hydrogens is 218 g/mol. The van der Waals surface area contributed by atoms with E-state index in [0.29, 0.717) is 10.6 Å². The van der Waals surface area contributed by atoms with E-state index in [4.69, 9.17) is 17.0 Å². The van der Waals surface area contributed by atoms with Crippen LogP contribution in [0.5, 0.6) is 5.75 Å². The van der Waals surface area contributed by atoms with Crippen LogP contribution in [0.15, 0.2) is 24.3 Å². The molecule has 1 amide bonds. The zero-order valence-corrected chi connectivity index (χ0v) is 9.15. The Morgan fingerprint density at radius 3 is 2.64 bits per heavy atom. The number of hydrogen-bond acceptors (Lipinski definition) is 4. The maximum atomic E-state index is 10.0. The highest BCUT2D eigenvalue weighted by molar-refractivity contribution is 8.22. The van der Waals surface area contributed by atoms with Gasteiger partial charge in [-0.2, -0.15) is 0 Å². The lowest BCUT2D eigenvalue weighted by molar-refractivity contribution is -0.107. The monoisotopic (exact) mass is 227 g/mol. The first-order valence-electron chi connectivity index (χ1n) is 3.82. The van der Waals surface area contributed by atoms with E-state index in [-0.39, 0.29) is 0 Å². The zero-order chi connectivity index (χ0) is 10.4. The number of rotatable bonds is 4. The molecule has 1 N–H and O–H groups in total. The smallest absolute Gasteiger partial charge is 0.217 e. The van der Waals surface area contributed by atoms with Crippen LogP contribution < -0.4 is 9.46 Å². The van der Waals surface area contributed by atoms with Gasteiger partial charge in [-0.3, -0.25) is 9.52 Å². The molecule has 0 aliphatic rings. The molecule has 1 aromatic rings. The summed E-state index contributed by atoms with van der Waals surface area (Å²) >= 11 is 6.18. The maximum absolute atomic E-state index is 10.0. The first-order chi connectivity index (χ1) is 6.77. The van der Waals surface area contributed by atoms with E-state index < -0.39 is 0 Å². The molecule has 0 aromatic heterocycles. The lowest BCUT2D eigenvalue weighted by Gasteiger charge is -2.03. The number of thiocarbonyl (C=S) groups is 1. The van der Waals surface area contributed by atoms with Crippen molar-refractivity contribution in [3.63, 3.8) is 0 Å². The van der Waals surface area contributed by atoms with Gasteiger partial charge in [0.05, 0.1) is 11.3 Å². The van der Waals surface area contributed by atoms with Crippen LogP contribution in [0.3, 0.4) is 0 Å². The molecular formula is C9H9NO2S2. The van der Waals surface area contributed by atoms with Gasteiger partial charge in [-0.05, 0) is 36.2 Å². The summed E-state index contributed by atoms with van der Waals surface area (Å²) in [6.45, 7) is 0. The number of benzene rings is 1. The lowest BCUT2D eigenvalue weighted by atomic mass is 10.2. The van der Waals surface area contributed by atoms with Crippen LogP contribution in [0.4, 0.5) is 0 Å². The third kappa shape index (κ3) is 3.01. The summed E-state index contributed by atoms with van der Waals surface area (Å²) in [6, 6.07) is 7.34. The summed E-state index contributed by atoms with van der Waals surface area (Å²) in [5.74, 6) is 0.782. The molecule has 0 bridgehead atoms. The van der Waals surface area contributed by atoms with E-state index in [0.717, 1.165) is 23.3 Å². The highest BCUT2D eigenvalue weighted by atomic mass is 32.2. The summed E-state index contributed by atoms with van der Waals surface area (Å²) in [7, 11) is 1.61. The normalized spacial score (nSPS) is 9.21. The van der Waals surface area contributed by atoms with Crippen molar-refractivity contribution in [2.45, 2.75) is 0 Å². The van der Waals surface area contributed by atoms with Gasteiger partial charge in [0, 0.05) is 5.56 Å². The van der Waals surface area contributed by atoms with Crippen molar-refractivity contribution >= 4 is 34.8 Å². The summed E-state index contributed by atoms with van der Waals surface area (Å²) in [5.41, 5.74) is 0.889. The van der Waals surface area contributed by atoms with Gasteiger partial charge in [0.2, 0.25) is 6.41 Å². The first kappa shape index (κ1) is 11.0. The minimum atomic E-state index is 0.598. The van der Waals surface area contributed by atoms with E-state index in [1.54, 1.807) is 7.11 Å². The quantitative estimate of drug-likeness (QED) is 0.483. The highest BCUT2D eigenvalue weighted by Crippen LogP contribution is 2.15. The van der Waals surface area contributed by atoms with Crippen molar-refractivity contribution in [3.8, 4) is 5.75 Å². The number of carbonyl (C=O) groups is 1. The number of hydrogen-bond donors (Lipinski definition) is 1. The van der Waals surface area contributed by atoms with Crippen LogP contribution >= 0.6 is 24.2 Å². The van der Waals surface area contributed by atoms with E-state index >= 15 is 0 Å². The Balaban J connectivity index is 2.66. The summed E-state index contributed by atoms with van der Waals surface area (Å²) in [6.07, 6.45) is 0.598. The largest absolute Gasteiger partial charge is 0.497 e. The van der Waals surface area contributed by atoms with Crippen LogP contribution in [-0.4, -0.2) is 17.7 Å². The lowest BCUT2D eigenvalue weighted by Crippen LogP contribution is -2.04. The molecule has 1 rings (SSSR count). The minimum Gasteiger partial charge on any atom is -0.497 e. The second-order valence-corrected chi connectivity index (χ2v) is 3.87. The molecule has 0 heterocycles. The Bertz CT molecular complexity index is 324. The predicted molar refractivity (Wildman–Crippen MR) is 61.5 cm³/mol. The highest BCUT2D eigenvalue weighted by Gasteiger charge is 2.01. The third-order valence-corrected chi connectivity index (χ3v) is 2.65. The maximum Gasteiger partial charge on any atom is 0.217 e. The van der Waals surface area contributed by atoms with E-state index in [1.165, 1.54) is 0 Å². The Morgan fingerprint density at radius 1 is 1.50 bits per heavy atom. The molecule has 14 heavy (non-hydrogen) atoms. The van der Waals surface area contributed by atoms with Crippen LogP contribution in [0.25, 0.3) is 0 Å². The number of ether oxygens (including phenoxy) is 1. The van der Waals surface area contributed by atoms with Gasteiger partial charge < -0.3 is 4.74 Å². The molecule has 0 saturated carbocycles. The van der Waals surface area contributed by atoms with Crippen molar-refractivity contribution in [1.29, 1.82) is 0 Å². The second-order valence-electron chi connectivity index (χ2n) is 2.35. The zero-order valence-electron chi connectivity index (χ0n) is 7.52. The number of carbonyl (C=O) groups excluding carboxylic acids is 1. The summed E-state index contributed by atoms with van der Waals surface area (Å²) in [4.78, 5) is 10.0. The summed E-state index contributed by atoms with van der Waals surface area (Å²) < 4.78 is 8.07. The minimum absolute atomic E-state index is 0.598. The number of nitrogens with one attached hydrogen (secondary N) is 1. The molecule has 0 spiro atoms. The molecule has 3 nitrogen and oxygen atoms in total. The molecule has 0 aliphatic heterocycles. The van der Waals surface area contributed by atoms with Crippen LogP contribution in [0.1, 0.15) is 5.56 Å². The van der Waals surface area contributed by atoms with Crippen molar-refractivity contribution in [2.75, 3.05) is 7.11 Å². The topological polar surface area (TPSA) is 38.3 Å². The van der Waals surface area contributed by atoms with Gasteiger partial charge in [0.1, 0.15) is 5.75 Å². The fraction of sp³-hybridized carbons (Fsp3) is 0.111.